The van der Waals surface area contributed by atoms with Gasteiger partial charge in [-0.2, -0.15) is 5.26 Å². The monoisotopic (exact) mass is 111 g/mol. The van der Waals surface area contributed by atoms with Crippen LogP contribution in [0, 0.1) is 16.9 Å². The number of hydrogen-bond donors (Lipinski definition) is 0. The molecule has 0 bridgehead atoms. The molecule has 0 aliphatic carbocycles. The van der Waals surface area contributed by atoms with Crippen molar-refractivity contribution in [3.05, 3.63) is 11.6 Å². The second-order valence-corrected chi connectivity index (χ2v) is 1.87. The number of rotatable bonds is 0. The Hall–Kier alpha value is -0.620. The van der Waals surface area contributed by atoms with E-state index in [0.29, 0.717) is 0 Å². The topological polar surface area (TPSA) is 27.0 Å². The fraction of sp³-hybridized carbons (Fsp3) is 0.250. The van der Waals surface area contributed by atoms with E-state index in [0.717, 1.165) is 5.88 Å². The zero-order valence-electron chi connectivity index (χ0n) is 3.59. The summed E-state index contributed by atoms with van der Waals surface area (Å²) in [4.78, 5) is 1.52. The third kappa shape index (κ3) is 0.875. The van der Waals surface area contributed by atoms with Gasteiger partial charge in [0.1, 0.15) is 0 Å². The molecule has 1 radical (unpaired) electrons. The average molecular weight is 111 g/mol. The van der Waals surface area contributed by atoms with Gasteiger partial charge in [-0.3, -0.25) is 4.90 Å². The first kappa shape index (κ1) is 4.54. The van der Waals surface area contributed by atoms with Gasteiger partial charge in [0, 0.05) is 11.6 Å². The molecule has 0 aromatic rings. The van der Waals surface area contributed by atoms with Crippen molar-refractivity contribution < 1.29 is 0 Å². The van der Waals surface area contributed by atoms with E-state index in [1.165, 1.54) is 16.7 Å². The minimum absolute atomic E-state index is 0.733. The predicted octanol–water partition coefficient (Wildman–Crippen LogP) is 0.748. The second kappa shape index (κ2) is 1.90. The lowest BCUT2D eigenvalue weighted by Crippen LogP contribution is -2.02. The van der Waals surface area contributed by atoms with Crippen LogP contribution in [0.4, 0.5) is 0 Å². The Morgan fingerprint density at radius 3 is 3.14 bits per heavy atom. The van der Waals surface area contributed by atoms with E-state index in [1.54, 1.807) is 6.20 Å². The molecule has 0 fully saturated rings. The molecule has 1 heterocycles. The molecule has 2 nitrogen and oxygen atoms in total. The zero-order chi connectivity index (χ0) is 5.11. The van der Waals surface area contributed by atoms with Crippen LogP contribution in [0.2, 0.25) is 0 Å². The Kier molecular flexibility index (Phi) is 1.23. The molecule has 0 saturated heterocycles. The van der Waals surface area contributed by atoms with Gasteiger partial charge in [0.15, 0.2) is 6.19 Å². The summed E-state index contributed by atoms with van der Waals surface area (Å²) in [6.45, 7) is 0. The molecule has 1 aliphatic rings. The zero-order valence-corrected chi connectivity index (χ0v) is 4.40. The summed E-state index contributed by atoms with van der Waals surface area (Å²) in [6.07, 6.45) is 3.60. The predicted molar refractivity (Wildman–Crippen MR) is 27.7 cm³/mol. The quantitative estimate of drug-likeness (QED) is 0.431. The third-order valence-corrected chi connectivity index (χ3v) is 1.30. The molecule has 0 aromatic heterocycles. The highest BCUT2D eigenvalue weighted by atomic mass is 32.2. The molecule has 1 aliphatic heterocycles. The maximum Gasteiger partial charge on any atom is 0.184 e. The summed E-state index contributed by atoms with van der Waals surface area (Å²) >= 11 is 1.50. The SMILES string of the molecule is N#CN1C=[C]SC1. The lowest BCUT2D eigenvalue weighted by Gasteiger charge is -1.96. The van der Waals surface area contributed by atoms with Crippen LogP contribution in [0.25, 0.3) is 0 Å². The first-order valence-electron chi connectivity index (χ1n) is 1.80. The van der Waals surface area contributed by atoms with Crippen molar-refractivity contribution in [3.63, 3.8) is 0 Å². The first-order chi connectivity index (χ1) is 3.43. The van der Waals surface area contributed by atoms with Crippen molar-refractivity contribution in [3.8, 4) is 6.19 Å². The molecule has 7 heavy (non-hydrogen) atoms. The van der Waals surface area contributed by atoms with Crippen LogP contribution in [-0.4, -0.2) is 10.8 Å². The highest BCUT2D eigenvalue weighted by Gasteiger charge is 2.00. The third-order valence-electron chi connectivity index (χ3n) is 0.624. The molecule has 0 amide bonds. The van der Waals surface area contributed by atoms with E-state index in [9.17, 15) is 0 Å². The van der Waals surface area contributed by atoms with Crippen LogP contribution in [0.5, 0.6) is 0 Å². The van der Waals surface area contributed by atoms with Gasteiger partial charge in [-0.1, -0.05) is 0 Å². The van der Waals surface area contributed by atoms with Crippen LogP contribution in [0.3, 0.4) is 0 Å². The van der Waals surface area contributed by atoms with E-state index in [1.807, 2.05) is 6.19 Å². The van der Waals surface area contributed by atoms with Crippen LogP contribution in [-0.2, 0) is 0 Å². The molecule has 0 atom stereocenters. The van der Waals surface area contributed by atoms with Gasteiger partial charge in [-0.15, -0.1) is 11.8 Å². The highest BCUT2D eigenvalue weighted by molar-refractivity contribution is 8.01. The highest BCUT2D eigenvalue weighted by Crippen LogP contribution is 2.11. The molecule has 0 saturated carbocycles. The van der Waals surface area contributed by atoms with Crippen molar-refractivity contribution in [1.82, 2.24) is 4.90 Å². The van der Waals surface area contributed by atoms with Gasteiger partial charge < -0.3 is 0 Å². The molecule has 35 valence electrons. The summed E-state index contributed by atoms with van der Waals surface area (Å²) in [5.74, 6) is 0.733. The van der Waals surface area contributed by atoms with Crippen molar-refractivity contribution in [2.75, 3.05) is 5.88 Å². The molecule has 1 rings (SSSR count). The Labute approximate surface area is 46.4 Å². The Morgan fingerprint density at radius 2 is 2.86 bits per heavy atom. The van der Waals surface area contributed by atoms with Gasteiger partial charge in [-0.25, -0.2) is 0 Å². The maximum absolute atomic E-state index is 8.16. The summed E-state index contributed by atoms with van der Waals surface area (Å²) in [6, 6.07) is 0. The molecule has 3 heteroatoms. The van der Waals surface area contributed by atoms with E-state index >= 15 is 0 Å². The van der Waals surface area contributed by atoms with Gasteiger partial charge in [0.2, 0.25) is 0 Å². The van der Waals surface area contributed by atoms with Crippen LogP contribution < -0.4 is 0 Å². The summed E-state index contributed by atoms with van der Waals surface area (Å²) < 4.78 is 0. The van der Waals surface area contributed by atoms with Crippen molar-refractivity contribution in [1.29, 1.82) is 5.26 Å². The molecular formula is C4H3N2S. The number of thioether (sulfide) groups is 1. The van der Waals surface area contributed by atoms with Gasteiger partial charge in [0.05, 0.1) is 5.88 Å². The van der Waals surface area contributed by atoms with E-state index < -0.39 is 0 Å². The largest absolute Gasteiger partial charge is 0.275 e. The minimum atomic E-state index is 0.733. The lowest BCUT2D eigenvalue weighted by atomic mass is 10.8. The summed E-state index contributed by atoms with van der Waals surface area (Å²) in [7, 11) is 0. The summed E-state index contributed by atoms with van der Waals surface area (Å²) in [5, 5.41) is 11.0. The number of nitriles is 1. The minimum Gasteiger partial charge on any atom is -0.275 e. The van der Waals surface area contributed by atoms with Gasteiger partial charge >= 0.3 is 0 Å². The molecular weight excluding hydrogens is 108 g/mol. The van der Waals surface area contributed by atoms with Crippen molar-refractivity contribution in [2.24, 2.45) is 0 Å². The standard InChI is InChI=1S/C4H3N2S/c5-3-6-1-2-7-4-6/h1H,4H2. The summed E-state index contributed by atoms with van der Waals surface area (Å²) in [5.41, 5.74) is 0. The van der Waals surface area contributed by atoms with Gasteiger partial charge in [0.25, 0.3) is 0 Å². The molecule has 0 aromatic carbocycles. The maximum atomic E-state index is 8.16. The number of nitrogens with zero attached hydrogens (tertiary/aromatic N) is 2. The van der Waals surface area contributed by atoms with Crippen LogP contribution in [0.1, 0.15) is 0 Å². The normalized spacial score (nSPS) is 17.3. The van der Waals surface area contributed by atoms with E-state index in [4.69, 9.17) is 5.26 Å². The molecule has 0 N–H and O–H groups in total. The van der Waals surface area contributed by atoms with Crippen molar-refractivity contribution >= 4 is 11.8 Å². The lowest BCUT2D eigenvalue weighted by molar-refractivity contribution is 0.634. The smallest absolute Gasteiger partial charge is 0.184 e. The Bertz CT molecular complexity index is 124. The van der Waals surface area contributed by atoms with Crippen molar-refractivity contribution in [2.45, 2.75) is 0 Å². The number of hydrogen-bond acceptors (Lipinski definition) is 3. The second-order valence-electron chi connectivity index (χ2n) is 1.09. The van der Waals surface area contributed by atoms with E-state index in [-0.39, 0.29) is 0 Å². The fourth-order valence-corrected chi connectivity index (χ4v) is 0.850. The Morgan fingerprint density at radius 1 is 2.00 bits per heavy atom. The van der Waals surface area contributed by atoms with Crippen LogP contribution in [0.15, 0.2) is 6.20 Å². The van der Waals surface area contributed by atoms with Crippen LogP contribution >= 0.6 is 11.8 Å². The molecule has 0 spiro atoms. The van der Waals surface area contributed by atoms with E-state index in [2.05, 4.69) is 5.41 Å². The Balaban J connectivity index is 2.47. The first-order valence-corrected chi connectivity index (χ1v) is 2.79. The average Bonchev–Trinajstić information content (AvgIpc) is 2.14. The fourth-order valence-electron chi connectivity index (χ4n) is 0.303. The molecule has 0 unspecified atom stereocenters. The van der Waals surface area contributed by atoms with Gasteiger partial charge in [-0.05, 0) is 0 Å².